The lowest BCUT2D eigenvalue weighted by Gasteiger charge is -2.37. The summed E-state index contributed by atoms with van der Waals surface area (Å²) >= 11 is 0. The van der Waals surface area contributed by atoms with Crippen molar-refractivity contribution in [2.45, 2.75) is 26.1 Å². The van der Waals surface area contributed by atoms with Crippen molar-refractivity contribution in [3.05, 3.63) is 23.9 Å². The summed E-state index contributed by atoms with van der Waals surface area (Å²) in [6, 6.07) is 2.61. The van der Waals surface area contributed by atoms with Gasteiger partial charge in [0.05, 0.1) is 5.56 Å². The van der Waals surface area contributed by atoms with E-state index in [1.54, 1.807) is 0 Å². The molecule has 2 heterocycles. The van der Waals surface area contributed by atoms with E-state index in [0.717, 1.165) is 25.2 Å². The van der Waals surface area contributed by atoms with Gasteiger partial charge in [0.15, 0.2) is 0 Å². The largest absolute Gasteiger partial charge is 0.416 e. The molecule has 0 spiro atoms. The third-order valence-electron chi connectivity index (χ3n) is 3.44. The van der Waals surface area contributed by atoms with Crippen LogP contribution in [0.2, 0.25) is 0 Å². The van der Waals surface area contributed by atoms with Gasteiger partial charge in [-0.15, -0.1) is 0 Å². The summed E-state index contributed by atoms with van der Waals surface area (Å²) in [5.41, 5.74) is -0.635. The Bertz CT molecular complexity index is 423. The Kier molecular flexibility index (Phi) is 3.99. The molecule has 1 aromatic rings. The highest BCUT2D eigenvalue weighted by molar-refractivity contribution is 5.42. The Hall–Kier alpha value is -1.30. The van der Waals surface area contributed by atoms with Crippen molar-refractivity contribution in [1.82, 2.24) is 9.88 Å². The van der Waals surface area contributed by atoms with E-state index < -0.39 is 11.7 Å². The molecule has 1 fully saturated rings. The second-order valence-electron chi connectivity index (χ2n) is 5.02. The highest BCUT2D eigenvalue weighted by Gasteiger charge is 2.31. The first-order valence-corrected chi connectivity index (χ1v) is 6.40. The number of hydrogen-bond donors (Lipinski definition) is 0. The lowest BCUT2D eigenvalue weighted by atomic mass is 10.2. The van der Waals surface area contributed by atoms with E-state index in [1.807, 2.05) is 4.90 Å². The monoisotopic (exact) mass is 273 g/mol. The van der Waals surface area contributed by atoms with E-state index in [0.29, 0.717) is 24.9 Å². The van der Waals surface area contributed by atoms with Crippen molar-refractivity contribution in [2.75, 3.05) is 31.1 Å². The van der Waals surface area contributed by atoms with Crippen molar-refractivity contribution < 1.29 is 13.2 Å². The SMILES string of the molecule is CC(C)N1CCN(c2cc(C(F)(F)F)ccn2)CC1. The molecule has 0 N–H and O–H groups in total. The lowest BCUT2D eigenvalue weighted by molar-refractivity contribution is -0.137. The first-order valence-electron chi connectivity index (χ1n) is 6.40. The zero-order chi connectivity index (χ0) is 14.0. The second-order valence-corrected chi connectivity index (χ2v) is 5.02. The van der Waals surface area contributed by atoms with Gasteiger partial charge in [0.25, 0.3) is 0 Å². The predicted octanol–water partition coefficient (Wildman–Crippen LogP) is 2.63. The van der Waals surface area contributed by atoms with Crippen LogP contribution in [0.5, 0.6) is 0 Å². The van der Waals surface area contributed by atoms with Crippen molar-refractivity contribution in [3.63, 3.8) is 0 Å². The molecule has 6 heteroatoms. The van der Waals surface area contributed by atoms with E-state index in [4.69, 9.17) is 0 Å². The Balaban J connectivity index is 2.08. The molecule has 0 unspecified atom stereocenters. The third-order valence-corrected chi connectivity index (χ3v) is 3.44. The molecule has 0 saturated carbocycles. The average molecular weight is 273 g/mol. The van der Waals surface area contributed by atoms with Crippen LogP contribution >= 0.6 is 0 Å². The second kappa shape index (κ2) is 5.36. The van der Waals surface area contributed by atoms with Crippen LogP contribution in [-0.2, 0) is 6.18 Å². The van der Waals surface area contributed by atoms with Gasteiger partial charge in [0.2, 0.25) is 0 Å². The molecular formula is C13H18F3N3. The van der Waals surface area contributed by atoms with E-state index in [-0.39, 0.29) is 0 Å². The molecule has 3 nitrogen and oxygen atoms in total. The summed E-state index contributed by atoms with van der Waals surface area (Å²) in [7, 11) is 0. The Labute approximate surface area is 111 Å². The Morgan fingerprint density at radius 3 is 2.32 bits per heavy atom. The van der Waals surface area contributed by atoms with Gasteiger partial charge < -0.3 is 4.90 Å². The zero-order valence-electron chi connectivity index (χ0n) is 11.1. The van der Waals surface area contributed by atoms with Gasteiger partial charge in [-0.2, -0.15) is 13.2 Å². The maximum Gasteiger partial charge on any atom is 0.416 e. The first-order chi connectivity index (χ1) is 8.88. The van der Waals surface area contributed by atoms with Crippen LogP contribution in [0.3, 0.4) is 0 Å². The molecule has 0 atom stereocenters. The van der Waals surface area contributed by atoms with E-state index in [9.17, 15) is 13.2 Å². The summed E-state index contributed by atoms with van der Waals surface area (Å²) in [6.07, 6.45) is -3.08. The number of anilines is 1. The van der Waals surface area contributed by atoms with Crippen LogP contribution in [0.1, 0.15) is 19.4 Å². The number of piperazine rings is 1. The summed E-state index contributed by atoms with van der Waals surface area (Å²) < 4.78 is 37.9. The molecule has 0 aliphatic carbocycles. The van der Waals surface area contributed by atoms with E-state index >= 15 is 0 Å². The van der Waals surface area contributed by atoms with Gasteiger partial charge in [-0.3, -0.25) is 4.90 Å². The fraction of sp³-hybridized carbons (Fsp3) is 0.615. The van der Waals surface area contributed by atoms with Crippen molar-refractivity contribution in [1.29, 1.82) is 0 Å². The van der Waals surface area contributed by atoms with Gasteiger partial charge in [0, 0.05) is 38.4 Å². The summed E-state index contributed by atoms with van der Waals surface area (Å²) in [5, 5.41) is 0. The van der Waals surface area contributed by atoms with Crippen LogP contribution < -0.4 is 4.90 Å². The normalized spacial score (nSPS) is 18.1. The number of rotatable bonds is 2. The summed E-state index contributed by atoms with van der Waals surface area (Å²) in [4.78, 5) is 8.27. The predicted molar refractivity (Wildman–Crippen MR) is 68.2 cm³/mol. The fourth-order valence-electron chi connectivity index (χ4n) is 2.24. The van der Waals surface area contributed by atoms with Crippen LogP contribution in [0.25, 0.3) is 0 Å². The quantitative estimate of drug-likeness (QED) is 0.825. The third kappa shape index (κ3) is 3.37. The molecule has 0 amide bonds. The maximum absolute atomic E-state index is 12.6. The molecule has 106 valence electrons. The zero-order valence-corrected chi connectivity index (χ0v) is 11.1. The molecule has 1 aliphatic heterocycles. The van der Waals surface area contributed by atoms with E-state index in [2.05, 4.69) is 23.7 Å². The summed E-state index contributed by atoms with van der Waals surface area (Å²) in [6.45, 7) is 7.39. The molecular weight excluding hydrogens is 255 g/mol. The van der Waals surface area contributed by atoms with Crippen LogP contribution in [0, 0.1) is 0 Å². The van der Waals surface area contributed by atoms with Gasteiger partial charge in [0.1, 0.15) is 5.82 Å². The molecule has 1 saturated heterocycles. The van der Waals surface area contributed by atoms with Crippen LogP contribution in [0.15, 0.2) is 18.3 Å². The lowest BCUT2D eigenvalue weighted by Crippen LogP contribution is -2.49. The number of pyridine rings is 1. The molecule has 1 aliphatic rings. The van der Waals surface area contributed by atoms with Crippen molar-refractivity contribution >= 4 is 5.82 Å². The minimum atomic E-state index is -4.31. The topological polar surface area (TPSA) is 19.4 Å². The Morgan fingerprint density at radius 1 is 1.16 bits per heavy atom. The number of hydrogen-bond acceptors (Lipinski definition) is 3. The minimum absolute atomic E-state index is 0.415. The fourth-order valence-corrected chi connectivity index (χ4v) is 2.24. The van der Waals surface area contributed by atoms with Crippen molar-refractivity contribution in [2.24, 2.45) is 0 Å². The average Bonchev–Trinajstić information content (AvgIpc) is 2.38. The molecule has 0 radical (unpaired) electrons. The highest BCUT2D eigenvalue weighted by atomic mass is 19.4. The van der Waals surface area contributed by atoms with E-state index in [1.165, 1.54) is 6.20 Å². The smallest absolute Gasteiger partial charge is 0.354 e. The molecule has 19 heavy (non-hydrogen) atoms. The van der Waals surface area contributed by atoms with Gasteiger partial charge >= 0.3 is 6.18 Å². The van der Waals surface area contributed by atoms with Crippen LogP contribution in [0.4, 0.5) is 19.0 Å². The van der Waals surface area contributed by atoms with Gasteiger partial charge in [-0.1, -0.05) is 0 Å². The Morgan fingerprint density at radius 2 is 1.79 bits per heavy atom. The van der Waals surface area contributed by atoms with Gasteiger partial charge in [-0.25, -0.2) is 4.98 Å². The maximum atomic E-state index is 12.6. The molecule has 0 aromatic carbocycles. The number of aromatic nitrogens is 1. The standard InChI is InChI=1S/C13H18F3N3/c1-10(2)18-5-7-19(8-6-18)12-9-11(3-4-17-12)13(14,15)16/h3-4,9-10H,5-8H2,1-2H3. The molecule has 2 rings (SSSR count). The minimum Gasteiger partial charge on any atom is -0.354 e. The number of alkyl halides is 3. The molecule has 1 aromatic heterocycles. The first kappa shape index (κ1) is 14.1. The highest BCUT2D eigenvalue weighted by Crippen LogP contribution is 2.30. The number of halogens is 3. The van der Waals surface area contributed by atoms with Crippen molar-refractivity contribution in [3.8, 4) is 0 Å². The van der Waals surface area contributed by atoms with Gasteiger partial charge in [-0.05, 0) is 26.0 Å². The molecule has 0 bridgehead atoms. The number of nitrogens with zero attached hydrogens (tertiary/aromatic N) is 3. The van der Waals surface area contributed by atoms with Crippen LogP contribution in [-0.4, -0.2) is 42.1 Å². The summed E-state index contributed by atoms with van der Waals surface area (Å²) in [5.74, 6) is 0.415.